The lowest BCUT2D eigenvalue weighted by molar-refractivity contribution is -0.193. The number of alkyl halides is 6. The van der Waals surface area contributed by atoms with Gasteiger partial charge in [0.25, 0.3) is 0 Å². The van der Waals surface area contributed by atoms with Gasteiger partial charge in [-0.3, -0.25) is 38.8 Å². The first-order chi connectivity index (χ1) is 37.7. The van der Waals surface area contributed by atoms with Crippen LogP contribution in [0.5, 0.6) is 0 Å². The Morgan fingerprint density at radius 2 is 0.775 bits per heavy atom. The number of carbonyl (C=O) groups is 8. The molecule has 0 unspecified atom stereocenters. The van der Waals surface area contributed by atoms with Gasteiger partial charge in [-0.25, -0.2) is 9.59 Å². The average molecular weight is 1160 g/mol. The predicted octanol–water partition coefficient (Wildman–Crippen LogP) is 6.06. The molecule has 0 saturated carbocycles. The quantitative estimate of drug-likeness (QED) is 0.0143. The number of halogens is 6. The number of aliphatic imine (C=N–C) groups is 2. The van der Waals surface area contributed by atoms with Crippen molar-refractivity contribution in [3.05, 3.63) is 0 Å². The van der Waals surface area contributed by atoms with Crippen LogP contribution in [0.2, 0.25) is 0 Å². The van der Waals surface area contributed by atoms with Crippen LogP contribution < -0.4 is 49.9 Å². The third kappa shape index (κ3) is 52.6. The largest absolute Gasteiger partial charge is 0.490 e. The number of nitrogens with zero attached hydrogens (tertiary/aromatic N) is 3. The van der Waals surface area contributed by atoms with E-state index in [0.717, 1.165) is 38.5 Å². The second kappa shape index (κ2) is 49.9. The third-order valence-electron chi connectivity index (χ3n) is 12.0. The molecule has 16 N–H and O–H groups in total. The Bertz CT molecular complexity index is 1720. The van der Waals surface area contributed by atoms with E-state index in [1.807, 2.05) is 0 Å². The second-order valence-electron chi connectivity index (χ2n) is 19.2. The zero-order chi connectivity index (χ0) is 61.2. The zero-order valence-corrected chi connectivity index (χ0v) is 47.3. The smallest absolute Gasteiger partial charge is 0.475 e. The molecule has 28 heteroatoms. The van der Waals surface area contributed by atoms with E-state index in [1.54, 1.807) is 0 Å². The van der Waals surface area contributed by atoms with Crippen molar-refractivity contribution in [2.75, 3.05) is 39.3 Å². The van der Waals surface area contributed by atoms with Crippen LogP contribution in [0.1, 0.15) is 206 Å². The van der Waals surface area contributed by atoms with E-state index in [0.29, 0.717) is 25.7 Å². The fourth-order valence-corrected chi connectivity index (χ4v) is 7.58. The number of rotatable bonds is 45. The number of unbranched alkanes of at least 4 members (excludes halogenated alkanes) is 20. The van der Waals surface area contributed by atoms with Crippen molar-refractivity contribution in [1.82, 2.24) is 26.2 Å². The Hall–Kier alpha value is -6.12. The molecule has 0 aliphatic rings. The lowest BCUT2D eigenvalue weighted by Crippen LogP contribution is -2.53. The van der Waals surface area contributed by atoms with Gasteiger partial charge in [0.05, 0.1) is 0 Å². The Morgan fingerprint density at radius 3 is 1.09 bits per heavy atom. The zero-order valence-electron chi connectivity index (χ0n) is 47.3. The molecule has 80 heavy (non-hydrogen) atoms. The SMILES string of the molecule is CCCCCCCCCCCCCC(=O)NCCN(CCNC(=O)CCCCCCCCCCCCC)C(=O)CCC(=O)N[C@@H](CCCN=C(N)N)C(=O)N[C@@H](CCCN=C(N)N)C(N)=O.O=C(O)C(F)(F)F.O=C(O)C(F)(F)F. The molecule has 0 saturated heterocycles. The summed E-state index contributed by atoms with van der Waals surface area (Å²) in [4.78, 5) is 105. The van der Waals surface area contributed by atoms with E-state index in [1.165, 1.54) is 108 Å². The van der Waals surface area contributed by atoms with Crippen LogP contribution in [-0.2, 0) is 38.4 Å². The Balaban J connectivity index is -0.00000370. The Morgan fingerprint density at radius 1 is 0.450 bits per heavy atom. The minimum Gasteiger partial charge on any atom is -0.475 e. The van der Waals surface area contributed by atoms with Gasteiger partial charge in [-0.15, -0.1) is 0 Å². The number of carboxylic acids is 2. The van der Waals surface area contributed by atoms with Crippen LogP contribution in [0.15, 0.2) is 9.98 Å². The fourth-order valence-electron chi connectivity index (χ4n) is 7.58. The summed E-state index contributed by atoms with van der Waals surface area (Å²) in [5, 5.41) is 25.4. The number of hydrogen-bond acceptors (Lipinski definition) is 10. The van der Waals surface area contributed by atoms with Gasteiger partial charge in [-0.1, -0.05) is 142 Å². The van der Waals surface area contributed by atoms with Crippen LogP contribution in [0.3, 0.4) is 0 Å². The maximum Gasteiger partial charge on any atom is 0.490 e. The van der Waals surface area contributed by atoms with Gasteiger partial charge < -0.3 is 65.0 Å². The topological polar surface area (TPSA) is 383 Å². The van der Waals surface area contributed by atoms with E-state index in [2.05, 4.69) is 45.1 Å². The number of guanidine groups is 2. The van der Waals surface area contributed by atoms with Gasteiger partial charge in [-0.05, 0) is 38.5 Å². The van der Waals surface area contributed by atoms with Gasteiger partial charge >= 0.3 is 24.3 Å². The molecule has 0 aliphatic carbocycles. The van der Waals surface area contributed by atoms with E-state index >= 15 is 0 Å². The maximum absolute atomic E-state index is 13.6. The molecule has 466 valence electrons. The average Bonchev–Trinajstić information content (AvgIpc) is 3.37. The lowest BCUT2D eigenvalue weighted by atomic mass is 10.1. The number of amides is 6. The number of nitrogens with one attached hydrogen (secondary N) is 4. The molecule has 0 heterocycles. The number of primary amides is 1. The van der Waals surface area contributed by atoms with Crippen molar-refractivity contribution < 1.29 is 74.9 Å². The molecular weight excluding hydrogens is 1070 g/mol. The summed E-state index contributed by atoms with van der Waals surface area (Å²) in [5.41, 5.74) is 27.2. The molecule has 0 aliphatic heterocycles. The van der Waals surface area contributed by atoms with Crippen molar-refractivity contribution in [3.8, 4) is 0 Å². The highest BCUT2D eigenvalue weighted by Crippen LogP contribution is 2.16. The van der Waals surface area contributed by atoms with E-state index in [4.69, 9.17) is 48.5 Å². The van der Waals surface area contributed by atoms with E-state index in [9.17, 15) is 55.1 Å². The molecule has 0 aromatic rings. The van der Waals surface area contributed by atoms with Gasteiger partial charge in [0.15, 0.2) is 11.9 Å². The summed E-state index contributed by atoms with van der Waals surface area (Å²) in [5.74, 6) is -8.19. The van der Waals surface area contributed by atoms with Crippen LogP contribution in [0.4, 0.5) is 26.3 Å². The summed E-state index contributed by atoms with van der Waals surface area (Å²) in [7, 11) is 0. The molecule has 0 bridgehead atoms. The van der Waals surface area contributed by atoms with E-state index < -0.39 is 54.1 Å². The highest BCUT2D eigenvalue weighted by atomic mass is 19.4. The molecule has 0 rings (SSSR count). The van der Waals surface area contributed by atoms with Crippen LogP contribution in [0.25, 0.3) is 0 Å². The van der Waals surface area contributed by atoms with Crippen molar-refractivity contribution in [1.29, 1.82) is 0 Å². The van der Waals surface area contributed by atoms with Crippen molar-refractivity contribution in [2.45, 2.75) is 231 Å². The molecule has 0 radical (unpaired) electrons. The molecule has 0 spiro atoms. The number of hydrogen-bond donors (Lipinski definition) is 11. The summed E-state index contributed by atoms with van der Waals surface area (Å²) < 4.78 is 63.5. The monoisotopic (exact) mass is 1160 g/mol. The molecular formula is C52H96F6N12O10. The van der Waals surface area contributed by atoms with Crippen molar-refractivity contribution >= 4 is 59.3 Å². The highest BCUT2D eigenvalue weighted by Gasteiger charge is 2.39. The number of nitrogens with two attached hydrogens (primary N) is 5. The van der Waals surface area contributed by atoms with Gasteiger partial charge in [0, 0.05) is 65.0 Å². The van der Waals surface area contributed by atoms with E-state index in [-0.39, 0.29) is 94.6 Å². The maximum atomic E-state index is 13.6. The minimum absolute atomic E-state index is 0.0746. The van der Waals surface area contributed by atoms with Crippen molar-refractivity contribution in [2.24, 2.45) is 38.7 Å². The summed E-state index contributed by atoms with van der Waals surface area (Å²) in [6, 6.07) is -2.12. The summed E-state index contributed by atoms with van der Waals surface area (Å²) in [6.45, 7) is 5.74. The van der Waals surface area contributed by atoms with Crippen LogP contribution in [0, 0.1) is 0 Å². The third-order valence-corrected chi connectivity index (χ3v) is 12.0. The van der Waals surface area contributed by atoms with Crippen molar-refractivity contribution in [3.63, 3.8) is 0 Å². The first-order valence-electron chi connectivity index (χ1n) is 28.1. The molecule has 0 fully saturated rings. The normalized spacial score (nSPS) is 11.7. The number of carboxylic acid groups (broad SMARTS) is 2. The van der Waals surface area contributed by atoms with Crippen LogP contribution >= 0.6 is 0 Å². The minimum atomic E-state index is -5.08. The highest BCUT2D eigenvalue weighted by molar-refractivity contribution is 5.92. The number of carbonyl (C=O) groups excluding carboxylic acids is 6. The van der Waals surface area contributed by atoms with Crippen LogP contribution in [-0.4, -0.2) is 138 Å². The fraction of sp³-hybridized carbons (Fsp3) is 0.808. The summed E-state index contributed by atoms with van der Waals surface area (Å²) >= 11 is 0. The molecule has 6 amide bonds. The molecule has 2 atom stereocenters. The Labute approximate surface area is 468 Å². The van der Waals surface area contributed by atoms with Gasteiger partial charge in [-0.2, -0.15) is 26.3 Å². The first-order valence-corrected chi connectivity index (χ1v) is 28.1. The lowest BCUT2D eigenvalue weighted by Gasteiger charge is -2.24. The first kappa shape index (κ1) is 78.1. The standard InChI is InChI=1S/C48H94N12O6.2C2HF3O2/c1-3-5-7-9-11-13-15-17-19-21-23-29-41(61)54-35-37-60(38-36-55-42(62)30-24-22-20-18-16-14-12-10-8-6-4-2)44(64)32-31-43(63)58-40(28-26-34-57-48(52)53)46(66)59-39(45(49)65)27-25-33-56-47(50)51;2*3-2(4,5)1(6)7/h39-40H,3-38H2,1-2H3,(H2,49,65)(H,54,61)(H,55,62)(H,58,63)(H,59,66)(H4,50,51,56)(H4,52,53,57);2*(H,6,7)/t39-,40-;;/m0../s1. The van der Waals surface area contributed by atoms with Gasteiger partial charge in [0.1, 0.15) is 12.1 Å². The molecule has 0 aromatic heterocycles. The molecule has 0 aromatic carbocycles. The number of aliphatic carboxylic acids is 2. The predicted molar refractivity (Wildman–Crippen MR) is 294 cm³/mol. The Kier molecular flexibility index (Phi) is 48.7. The molecule has 22 nitrogen and oxygen atoms in total. The van der Waals surface area contributed by atoms with Gasteiger partial charge in [0.2, 0.25) is 35.4 Å². The summed E-state index contributed by atoms with van der Waals surface area (Å²) in [6.07, 6.45) is 17.5. The second-order valence-corrected chi connectivity index (χ2v) is 19.2.